The molecule has 1 unspecified atom stereocenters. The Labute approximate surface area is 153 Å². The minimum Gasteiger partial charge on any atom is -0.373 e. The summed E-state index contributed by atoms with van der Waals surface area (Å²) in [4.78, 5) is 15.1. The van der Waals surface area contributed by atoms with Crippen molar-refractivity contribution < 1.29 is 8.42 Å². The SMILES string of the molecule is CNc1cc(N2CCCC2CNc2ccc(S(=O)(=O)NC)cn2)ncn1. The Morgan fingerprint density at radius 3 is 2.73 bits per heavy atom. The first kappa shape index (κ1) is 18.3. The van der Waals surface area contributed by atoms with Crippen LogP contribution in [0.5, 0.6) is 0 Å². The molecule has 1 atom stereocenters. The van der Waals surface area contributed by atoms with E-state index < -0.39 is 10.0 Å². The molecule has 3 heterocycles. The number of nitrogens with one attached hydrogen (secondary N) is 3. The van der Waals surface area contributed by atoms with Gasteiger partial charge in [-0.3, -0.25) is 0 Å². The van der Waals surface area contributed by atoms with Crippen molar-refractivity contribution in [2.45, 2.75) is 23.8 Å². The van der Waals surface area contributed by atoms with Crippen molar-refractivity contribution in [2.75, 3.05) is 42.7 Å². The molecule has 1 fully saturated rings. The summed E-state index contributed by atoms with van der Waals surface area (Å²) < 4.78 is 25.7. The van der Waals surface area contributed by atoms with Crippen LogP contribution in [-0.2, 0) is 10.0 Å². The quantitative estimate of drug-likeness (QED) is 0.653. The van der Waals surface area contributed by atoms with Crippen molar-refractivity contribution in [2.24, 2.45) is 0 Å². The second-order valence-electron chi connectivity index (χ2n) is 5.97. The molecule has 10 heteroatoms. The molecule has 2 aromatic rings. The smallest absolute Gasteiger partial charge is 0.241 e. The summed E-state index contributed by atoms with van der Waals surface area (Å²) in [6.45, 7) is 1.64. The molecule has 0 amide bonds. The largest absolute Gasteiger partial charge is 0.373 e. The zero-order valence-corrected chi connectivity index (χ0v) is 15.6. The van der Waals surface area contributed by atoms with Gasteiger partial charge in [-0.15, -0.1) is 0 Å². The molecule has 3 rings (SSSR count). The van der Waals surface area contributed by atoms with Crippen LogP contribution in [0.4, 0.5) is 17.5 Å². The highest BCUT2D eigenvalue weighted by atomic mass is 32.2. The van der Waals surface area contributed by atoms with Crippen LogP contribution in [0.1, 0.15) is 12.8 Å². The van der Waals surface area contributed by atoms with E-state index in [0.29, 0.717) is 12.4 Å². The Hall–Kier alpha value is -2.46. The summed E-state index contributed by atoms with van der Waals surface area (Å²) in [5.74, 6) is 2.33. The first-order valence-corrected chi connectivity index (χ1v) is 9.91. The molecular formula is C16H23N7O2S. The van der Waals surface area contributed by atoms with Crippen LogP contribution in [0.2, 0.25) is 0 Å². The fourth-order valence-electron chi connectivity index (χ4n) is 2.97. The fraction of sp³-hybridized carbons (Fsp3) is 0.438. The lowest BCUT2D eigenvalue weighted by Gasteiger charge is -2.26. The number of rotatable bonds is 7. The van der Waals surface area contributed by atoms with E-state index in [1.54, 1.807) is 12.4 Å². The van der Waals surface area contributed by atoms with Gasteiger partial charge in [0.2, 0.25) is 10.0 Å². The van der Waals surface area contributed by atoms with Crippen LogP contribution in [0, 0.1) is 0 Å². The van der Waals surface area contributed by atoms with Gasteiger partial charge < -0.3 is 15.5 Å². The minimum absolute atomic E-state index is 0.147. The van der Waals surface area contributed by atoms with Gasteiger partial charge in [0.05, 0.1) is 0 Å². The highest BCUT2D eigenvalue weighted by Gasteiger charge is 2.26. The molecule has 1 aliphatic heterocycles. The Morgan fingerprint density at radius 1 is 1.19 bits per heavy atom. The predicted octanol–water partition coefficient (Wildman–Crippen LogP) is 0.902. The Balaban J connectivity index is 1.65. The van der Waals surface area contributed by atoms with Gasteiger partial charge in [0.1, 0.15) is 28.7 Å². The highest BCUT2D eigenvalue weighted by Crippen LogP contribution is 2.25. The van der Waals surface area contributed by atoms with Gasteiger partial charge in [-0.05, 0) is 32.0 Å². The molecule has 1 saturated heterocycles. The van der Waals surface area contributed by atoms with Crippen molar-refractivity contribution in [3.05, 3.63) is 30.7 Å². The van der Waals surface area contributed by atoms with Crippen LogP contribution in [0.3, 0.4) is 0 Å². The molecule has 2 aromatic heterocycles. The van der Waals surface area contributed by atoms with E-state index in [-0.39, 0.29) is 10.9 Å². The molecule has 0 bridgehead atoms. The van der Waals surface area contributed by atoms with Crippen molar-refractivity contribution in [3.8, 4) is 0 Å². The molecule has 140 valence electrons. The monoisotopic (exact) mass is 377 g/mol. The van der Waals surface area contributed by atoms with Crippen LogP contribution in [0.15, 0.2) is 35.6 Å². The number of nitrogens with zero attached hydrogens (tertiary/aromatic N) is 4. The van der Waals surface area contributed by atoms with E-state index in [9.17, 15) is 8.42 Å². The van der Waals surface area contributed by atoms with E-state index in [1.165, 1.54) is 19.3 Å². The summed E-state index contributed by atoms with van der Waals surface area (Å²) in [5.41, 5.74) is 0. The maximum absolute atomic E-state index is 11.7. The number of pyridine rings is 1. The number of hydrogen-bond acceptors (Lipinski definition) is 8. The van der Waals surface area contributed by atoms with E-state index >= 15 is 0 Å². The lowest BCUT2D eigenvalue weighted by molar-refractivity contribution is 0.588. The van der Waals surface area contributed by atoms with E-state index in [1.807, 2.05) is 13.1 Å². The average Bonchev–Trinajstić information content (AvgIpc) is 3.15. The summed E-state index contributed by atoms with van der Waals surface area (Å²) in [6.07, 6.45) is 5.06. The molecule has 0 aromatic carbocycles. The van der Waals surface area contributed by atoms with Crippen LogP contribution in [0.25, 0.3) is 0 Å². The fourth-order valence-corrected chi connectivity index (χ4v) is 3.65. The predicted molar refractivity (Wildman–Crippen MR) is 101 cm³/mol. The molecule has 0 radical (unpaired) electrons. The van der Waals surface area contributed by atoms with Crippen LogP contribution < -0.4 is 20.3 Å². The van der Waals surface area contributed by atoms with Gasteiger partial charge >= 0.3 is 0 Å². The topological polar surface area (TPSA) is 112 Å². The van der Waals surface area contributed by atoms with Gasteiger partial charge in [-0.25, -0.2) is 28.1 Å². The van der Waals surface area contributed by atoms with Gasteiger partial charge in [0.15, 0.2) is 0 Å². The normalized spacial score (nSPS) is 17.3. The lowest BCUT2D eigenvalue weighted by atomic mass is 10.2. The summed E-state index contributed by atoms with van der Waals surface area (Å²) in [7, 11) is -0.256. The van der Waals surface area contributed by atoms with Gasteiger partial charge in [-0.1, -0.05) is 0 Å². The zero-order valence-electron chi connectivity index (χ0n) is 14.8. The van der Waals surface area contributed by atoms with Crippen molar-refractivity contribution in [1.82, 2.24) is 19.7 Å². The van der Waals surface area contributed by atoms with Crippen molar-refractivity contribution in [3.63, 3.8) is 0 Å². The molecule has 9 nitrogen and oxygen atoms in total. The number of hydrogen-bond donors (Lipinski definition) is 3. The average molecular weight is 377 g/mol. The first-order valence-electron chi connectivity index (χ1n) is 8.43. The molecule has 0 aliphatic carbocycles. The van der Waals surface area contributed by atoms with Crippen LogP contribution >= 0.6 is 0 Å². The maximum Gasteiger partial charge on any atom is 0.241 e. The molecule has 0 saturated carbocycles. The minimum atomic E-state index is -3.47. The van der Waals surface area contributed by atoms with E-state index in [0.717, 1.165) is 31.0 Å². The highest BCUT2D eigenvalue weighted by molar-refractivity contribution is 7.89. The summed E-state index contributed by atoms with van der Waals surface area (Å²) >= 11 is 0. The Bertz CT molecular complexity index is 842. The summed E-state index contributed by atoms with van der Waals surface area (Å²) in [6, 6.07) is 5.44. The third-order valence-corrected chi connectivity index (χ3v) is 5.81. The number of sulfonamides is 1. The molecule has 3 N–H and O–H groups in total. The third kappa shape index (κ3) is 4.02. The molecular weight excluding hydrogens is 354 g/mol. The first-order chi connectivity index (χ1) is 12.5. The Morgan fingerprint density at radius 2 is 2.04 bits per heavy atom. The van der Waals surface area contributed by atoms with Gasteiger partial charge in [-0.2, -0.15) is 0 Å². The van der Waals surface area contributed by atoms with Crippen molar-refractivity contribution >= 4 is 27.5 Å². The van der Waals surface area contributed by atoms with Gasteiger partial charge in [0.25, 0.3) is 0 Å². The molecule has 26 heavy (non-hydrogen) atoms. The second kappa shape index (κ2) is 7.83. The Kier molecular flexibility index (Phi) is 5.52. The third-order valence-electron chi connectivity index (χ3n) is 4.41. The molecule has 0 spiro atoms. The lowest BCUT2D eigenvalue weighted by Crippen LogP contribution is -2.35. The van der Waals surface area contributed by atoms with Crippen molar-refractivity contribution in [1.29, 1.82) is 0 Å². The summed E-state index contributed by atoms with van der Waals surface area (Å²) in [5, 5.41) is 6.31. The van der Waals surface area contributed by atoms with E-state index in [4.69, 9.17) is 0 Å². The molecule has 1 aliphatic rings. The maximum atomic E-state index is 11.7. The number of aromatic nitrogens is 3. The van der Waals surface area contributed by atoms with E-state index in [2.05, 4.69) is 35.2 Å². The number of anilines is 3. The van der Waals surface area contributed by atoms with Crippen LogP contribution in [-0.4, -0.2) is 56.6 Å². The zero-order chi connectivity index (χ0) is 18.6. The second-order valence-corrected chi connectivity index (χ2v) is 7.86. The van der Waals surface area contributed by atoms with Gasteiger partial charge in [0, 0.05) is 38.4 Å². The standard InChI is InChI=1S/C16H23N7O2S/c1-17-15-8-16(22-11-21-15)23-7-3-4-12(23)9-19-14-6-5-13(10-20-14)26(24,25)18-2/h5-6,8,10-12,18H,3-4,7,9H2,1-2H3,(H,19,20)(H,17,21,22).